The van der Waals surface area contributed by atoms with Crippen molar-refractivity contribution in [3.8, 4) is 0 Å². The van der Waals surface area contributed by atoms with Crippen molar-refractivity contribution in [2.24, 2.45) is 5.92 Å². The Labute approximate surface area is 126 Å². The molecule has 0 spiro atoms. The van der Waals surface area contributed by atoms with Gasteiger partial charge in [0.25, 0.3) is 0 Å². The van der Waals surface area contributed by atoms with Gasteiger partial charge in [0.05, 0.1) is 4.90 Å². The van der Waals surface area contributed by atoms with Gasteiger partial charge < -0.3 is 15.2 Å². The molecule has 1 aromatic heterocycles. The summed E-state index contributed by atoms with van der Waals surface area (Å²) in [6.07, 6.45) is 3.79. The summed E-state index contributed by atoms with van der Waals surface area (Å²) in [5.74, 6) is 0.491. The van der Waals surface area contributed by atoms with Gasteiger partial charge in [-0.1, -0.05) is 6.92 Å². The average Bonchev–Trinajstić information content (AvgIpc) is 2.96. The van der Waals surface area contributed by atoms with Crippen LogP contribution in [0.1, 0.15) is 25.5 Å². The van der Waals surface area contributed by atoms with E-state index < -0.39 is 10.0 Å². The number of nitrogens with zero attached hydrogens (tertiary/aromatic N) is 1. The van der Waals surface area contributed by atoms with E-state index in [9.17, 15) is 8.42 Å². The van der Waals surface area contributed by atoms with Crippen LogP contribution in [0, 0.1) is 5.92 Å². The van der Waals surface area contributed by atoms with Crippen LogP contribution in [0.3, 0.4) is 0 Å². The smallest absolute Gasteiger partial charge is 0.242 e. The molecule has 118 valence electrons. The predicted molar refractivity (Wildman–Crippen MR) is 81.4 cm³/mol. The van der Waals surface area contributed by atoms with Gasteiger partial charge in [-0.15, -0.1) is 0 Å². The van der Waals surface area contributed by atoms with Gasteiger partial charge in [0, 0.05) is 31.0 Å². The molecule has 3 aliphatic rings. The van der Waals surface area contributed by atoms with Crippen LogP contribution >= 0.6 is 0 Å². The largest absolute Gasteiger partial charge is 0.363 e. The Morgan fingerprint density at radius 3 is 2.76 bits per heavy atom. The zero-order chi connectivity index (χ0) is 14.9. The highest BCUT2D eigenvalue weighted by molar-refractivity contribution is 7.89. The molecule has 7 heteroatoms. The van der Waals surface area contributed by atoms with Crippen molar-refractivity contribution >= 4 is 10.0 Å². The molecule has 6 nitrogen and oxygen atoms in total. The SMILES string of the molecule is CCNCc1cc(S(=O)(=O)NC2CN3CCC2CC3)c[nH]1. The Bertz CT molecular complexity index is 576. The number of sulfonamides is 1. The Kier molecular flexibility index (Phi) is 4.35. The van der Waals surface area contributed by atoms with Crippen LogP contribution in [-0.2, 0) is 16.6 Å². The van der Waals surface area contributed by atoms with Crippen molar-refractivity contribution in [3.05, 3.63) is 18.0 Å². The van der Waals surface area contributed by atoms with Crippen LogP contribution in [-0.4, -0.2) is 50.5 Å². The van der Waals surface area contributed by atoms with Gasteiger partial charge in [-0.05, 0) is 44.5 Å². The van der Waals surface area contributed by atoms with Gasteiger partial charge in [-0.25, -0.2) is 13.1 Å². The highest BCUT2D eigenvalue weighted by Gasteiger charge is 2.36. The fourth-order valence-electron chi connectivity index (χ4n) is 3.30. The molecule has 3 fully saturated rings. The third-order valence-corrected chi connectivity index (χ3v) is 6.02. The quantitative estimate of drug-likeness (QED) is 0.715. The number of aromatic amines is 1. The van der Waals surface area contributed by atoms with Crippen molar-refractivity contribution in [1.29, 1.82) is 0 Å². The van der Waals surface area contributed by atoms with Crippen molar-refractivity contribution in [2.75, 3.05) is 26.2 Å². The number of H-pyrrole nitrogens is 1. The topological polar surface area (TPSA) is 77.2 Å². The van der Waals surface area contributed by atoms with E-state index in [0.29, 0.717) is 17.4 Å². The Balaban J connectivity index is 1.67. The Morgan fingerprint density at radius 1 is 1.38 bits per heavy atom. The minimum Gasteiger partial charge on any atom is -0.363 e. The lowest BCUT2D eigenvalue weighted by atomic mass is 9.85. The van der Waals surface area contributed by atoms with E-state index in [1.54, 1.807) is 12.3 Å². The fraction of sp³-hybridized carbons (Fsp3) is 0.714. The van der Waals surface area contributed by atoms with Crippen molar-refractivity contribution in [1.82, 2.24) is 19.9 Å². The first-order chi connectivity index (χ1) is 10.1. The van der Waals surface area contributed by atoms with E-state index in [2.05, 4.69) is 19.9 Å². The molecular weight excluding hydrogens is 288 g/mol. The molecule has 1 aromatic rings. The molecule has 1 unspecified atom stereocenters. The molecule has 0 aromatic carbocycles. The predicted octanol–water partition coefficient (Wildman–Crippen LogP) is 0.497. The zero-order valence-electron chi connectivity index (χ0n) is 12.4. The Hall–Kier alpha value is -0.890. The molecular formula is C14H24N4O2S. The number of rotatable bonds is 6. The minimum atomic E-state index is -3.42. The summed E-state index contributed by atoms with van der Waals surface area (Å²) in [5, 5.41) is 3.18. The number of fused-ring (bicyclic) bond motifs is 3. The number of piperidine rings is 3. The summed E-state index contributed by atoms with van der Waals surface area (Å²) >= 11 is 0. The molecule has 21 heavy (non-hydrogen) atoms. The standard InChI is InChI=1S/C14H24N4O2S/c1-2-15-8-12-7-13(9-16-12)21(19,20)17-14-10-18-5-3-11(14)4-6-18/h7,9,11,14-17H,2-6,8,10H2,1H3. The molecule has 4 rings (SSSR count). The van der Waals surface area contributed by atoms with Crippen molar-refractivity contribution < 1.29 is 8.42 Å². The molecule has 3 saturated heterocycles. The molecule has 1 atom stereocenters. The monoisotopic (exact) mass is 312 g/mol. The second-order valence-electron chi connectivity index (χ2n) is 6.01. The minimum absolute atomic E-state index is 0.0598. The maximum atomic E-state index is 12.5. The van der Waals surface area contributed by atoms with E-state index in [-0.39, 0.29) is 6.04 Å². The average molecular weight is 312 g/mol. The number of nitrogens with one attached hydrogen (secondary N) is 3. The first-order valence-corrected chi connectivity index (χ1v) is 9.19. The molecule has 4 heterocycles. The lowest BCUT2D eigenvalue weighted by Gasteiger charge is -2.44. The summed E-state index contributed by atoms with van der Waals surface area (Å²) in [4.78, 5) is 5.71. The summed E-state index contributed by atoms with van der Waals surface area (Å²) < 4.78 is 27.9. The van der Waals surface area contributed by atoms with Crippen molar-refractivity contribution in [3.63, 3.8) is 0 Å². The highest BCUT2D eigenvalue weighted by atomic mass is 32.2. The van der Waals surface area contributed by atoms with E-state index in [0.717, 1.165) is 44.7 Å². The van der Waals surface area contributed by atoms with Crippen LogP contribution in [0.2, 0.25) is 0 Å². The second kappa shape index (κ2) is 6.08. The third-order valence-electron chi connectivity index (χ3n) is 4.55. The van der Waals surface area contributed by atoms with Gasteiger partial charge in [0.1, 0.15) is 0 Å². The van der Waals surface area contributed by atoms with Gasteiger partial charge in [-0.2, -0.15) is 0 Å². The van der Waals surface area contributed by atoms with Gasteiger partial charge in [0.2, 0.25) is 10.0 Å². The normalized spacial score (nSPS) is 28.9. The van der Waals surface area contributed by atoms with Crippen LogP contribution in [0.25, 0.3) is 0 Å². The third kappa shape index (κ3) is 3.31. The number of hydrogen-bond acceptors (Lipinski definition) is 4. The molecule has 3 aliphatic heterocycles. The van der Waals surface area contributed by atoms with E-state index in [1.165, 1.54) is 0 Å². The molecule has 2 bridgehead atoms. The Morgan fingerprint density at radius 2 is 2.14 bits per heavy atom. The summed E-state index contributed by atoms with van der Waals surface area (Å²) in [6, 6.07) is 1.77. The van der Waals surface area contributed by atoms with Crippen LogP contribution in [0.4, 0.5) is 0 Å². The van der Waals surface area contributed by atoms with Crippen LogP contribution < -0.4 is 10.0 Å². The number of aromatic nitrogens is 1. The lowest BCUT2D eigenvalue weighted by Crippen LogP contribution is -2.57. The molecule has 0 radical (unpaired) electrons. The van der Waals surface area contributed by atoms with Crippen molar-refractivity contribution in [2.45, 2.75) is 37.2 Å². The summed E-state index contributed by atoms with van der Waals surface area (Å²) in [7, 11) is -3.42. The molecule has 3 N–H and O–H groups in total. The maximum absolute atomic E-state index is 12.5. The van der Waals surface area contributed by atoms with Crippen LogP contribution in [0.5, 0.6) is 0 Å². The number of hydrogen-bond donors (Lipinski definition) is 3. The fourth-order valence-corrected chi connectivity index (χ4v) is 4.61. The van der Waals surface area contributed by atoms with Gasteiger partial charge >= 0.3 is 0 Å². The highest BCUT2D eigenvalue weighted by Crippen LogP contribution is 2.28. The van der Waals surface area contributed by atoms with Crippen LogP contribution in [0.15, 0.2) is 17.2 Å². The van der Waals surface area contributed by atoms with Gasteiger partial charge in [-0.3, -0.25) is 0 Å². The summed E-state index contributed by atoms with van der Waals surface area (Å²) in [6.45, 7) is 6.61. The first-order valence-electron chi connectivity index (χ1n) is 7.71. The molecule has 0 saturated carbocycles. The zero-order valence-corrected chi connectivity index (χ0v) is 13.2. The van der Waals surface area contributed by atoms with E-state index in [4.69, 9.17) is 0 Å². The van der Waals surface area contributed by atoms with E-state index in [1.807, 2.05) is 6.92 Å². The first kappa shape index (κ1) is 15.0. The van der Waals surface area contributed by atoms with E-state index >= 15 is 0 Å². The molecule has 0 aliphatic carbocycles. The second-order valence-corrected chi connectivity index (χ2v) is 7.72. The maximum Gasteiger partial charge on any atom is 0.242 e. The van der Waals surface area contributed by atoms with Gasteiger partial charge in [0.15, 0.2) is 0 Å². The molecule has 0 amide bonds. The lowest BCUT2D eigenvalue weighted by molar-refractivity contribution is 0.0827. The summed E-state index contributed by atoms with van der Waals surface area (Å²) in [5.41, 5.74) is 0.895.